The first kappa shape index (κ1) is 45.9. The van der Waals surface area contributed by atoms with Crippen molar-refractivity contribution in [3.8, 4) is 11.5 Å². The number of amides is 1. The van der Waals surface area contributed by atoms with E-state index in [2.05, 4.69) is 12.7 Å². The maximum atomic E-state index is 15.3. The number of carbonyl (C=O) groups is 1. The molecule has 1 saturated carbocycles. The zero-order valence-electron chi connectivity index (χ0n) is 37.0. The summed E-state index contributed by atoms with van der Waals surface area (Å²) >= 11 is 0. The Morgan fingerprint density at radius 2 is 1.67 bits per heavy atom. The van der Waals surface area contributed by atoms with Crippen molar-refractivity contribution in [2.75, 3.05) is 19.8 Å². The Kier molecular flexibility index (Phi) is 14.7. The van der Waals surface area contributed by atoms with Crippen LogP contribution in [0.15, 0.2) is 151 Å². The molecule has 8 rings (SSSR count). The third-order valence-corrected chi connectivity index (χ3v) is 13.3. The molecule has 0 bridgehead atoms. The lowest BCUT2D eigenvalue weighted by molar-refractivity contribution is -0.384. The van der Waals surface area contributed by atoms with Crippen LogP contribution in [0.4, 0.5) is 5.69 Å². The van der Waals surface area contributed by atoms with E-state index in [9.17, 15) is 25.4 Å². The molecule has 5 aromatic rings. The molecule has 2 aliphatic carbocycles. The fourth-order valence-electron chi connectivity index (χ4n) is 10.3. The fourth-order valence-corrected chi connectivity index (χ4v) is 10.3. The summed E-state index contributed by atoms with van der Waals surface area (Å²) in [4.78, 5) is 34.4. The van der Waals surface area contributed by atoms with Gasteiger partial charge in [-0.3, -0.25) is 14.9 Å². The second-order valence-corrected chi connectivity index (χ2v) is 17.3. The maximum Gasteiger partial charge on any atom is 0.269 e. The lowest BCUT2D eigenvalue weighted by atomic mass is 9.55. The van der Waals surface area contributed by atoms with E-state index in [4.69, 9.17) is 19.5 Å². The van der Waals surface area contributed by atoms with Gasteiger partial charge in [-0.2, -0.15) is 0 Å². The molecule has 5 aromatic carbocycles. The minimum absolute atomic E-state index is 0.0189. The van der Waals surface area contributed by atoms with Gasteiger partial charge in [-0.15, -0.1) is 6.58 Å². The molecule has 1 aliphatic heterocycles. The third-order valence-electron chi connectivity index (χ3n) is 13.3. The number of nitro benzene ring substituents is 1. The van der Waals surface area contributed by atoms with Gasteiger partial charge in [0.15, 0.2) is 0 Å². The van der Waals surface area contributed by atoms with Crippen LogP contribution in [0.3, 0.4) is 0 Å². The van der Waals surface area contributed by atoms with Gasteiger partial charge >= 0.3 is 0 Å². The Balaban J connectivity index is 1.34. The summed E-state index contributed by atoms with van der Waals surface area (Å²) in [5, 5.41) is 49.4. The first-order valence-electron chi connectivity index (χ1n) is 22.9. The van der Waals surface area contributed by atoms with Crippen molar-refractivity contribution in [2.45, 2.75) is 75.8 Å². The van der Waals surface area contributed by atoms with Gasteiger partial charge in [0, 0.05) is 55.9 Å². The van der Waals surface area contributed by atoms with E-state index in [0.29, 0.717) is 29.9 Å². The van der Waals surface area contributed by atoms with E-state index < -0.39 is 22.7 Å². The van der Waals surface area contributed by atoms with Gasteiger partial charge in [-0.25, -0.2) is 0 Å². The monoisotopic (exact) mass is 891 g/mol. The minimum Gasteiger partial charge on any atom is -0.508 e. The van der Waals surface area contributed by atoms with Crippen LogP contribution < -0.4 is 4.74 Å². The van der Waals surface area contributed by atoms with Crippen molar-refractivity contribution in [3.05, 3.63) is 178 Å². The number of aliphatic hydroxyl groups is 2. The Morgan fingerprint density at radius 1 is 0.924 bits per heavy atom. The number of non-ortho nitro benzene ring substituents is 1. The number of benzene rings is 5. The molecule has 12 nitrogen and oxygen atoms in total. The zero-order chi connectivity index (χ0) is 46.0. The Hall–Kier alpha value is -6.60. The van der Waals surface area contributed by atoms with Gasteiger partial charge in [-0.1, -0.05) is 103 Å². The van der Waals surface area contributed by atoms with Gasteiger partial charge in [0.05, 0.1) is 23.2 Å². The van der Waals surface area contributed by atoms with Crippen LogP contribution in [-0.2, 0) is 27.5 Å². The fraction of sp³-hybridized carbons (Fsp3) is 0.333. The SMILES string of the molecule is C=CCO[C@@]12Oc3ccc(O)cc3[C@H]3[C@H](CCCCO)[C@@H](CCCCO)C=C(C(=NOCc4ccccc4)C[C@@H]1N(Cc1cccc4ccccc14)C(=O)C=Cc1ccc([N+](=O)[O-])cc1)[C@H]32. The van der Waals surface area contributed by atoms with E-state index in [1.165, 1.54) is 18.2 Å². The normalized spacial score (nSPS) is 22.5. The van der Waals surface area contributed by atoms with Gasteiger partial charge in [0.1, 0.15) is 24.1 Å². The Morgan fingerprint density at radius 3 is 2.42 bits per heavy atom. The van der Waals surface area contributed by atoms with Gasteiger partial charge in [-0.05, 0) is 107 Å². The zero-order valence-corrected chi connectivity index (χ0v) is 37.0. The van der Waals surface area contributed by atoms with E-state index in [0.717, 1.165) is 58.7 Å². The molecule has 0 saturated heterocycles. The molecule has 342 valence electrons. The Labute approximate surface area is 385 Å². The summed E-state index contributed by atoms with van der Waals surface area (Å²) < 4.78 is 14.5. The number of phenols is 1. The van der Waals surface area contributed by atoms with Crippen LogP contribution in [0.1, 0.15) is 73.1 Å². The summed E-state index contributed by atoms with van der Waals surface area (Å²) in [7, 11) is 0. The number of nitrogens with zero attached hydrogens (tertiary/aromatic N) is 3. The van der Waals surface area contributed by atoms with Gasteiger partial charge in [0.2, 0.25) is 11.7 Å². The van der Waals surface area contributed by atoms with E-state index in [-0.39, 0.29) is 74.5 Å². The summed E-state index contributed by atoms with van der Waals surface area (Å²) in [6.45, 7) is 4.63. The van der Waals surface area contributed by atoms with Crippen LogP contribution in [0.25, 0.3) is 16.8 Å². The molecule has 0 spiro atoms. The van der Waals surface area contributed by atoms with Crippen molar-refractivity contribution < 1.29 is 39.3 Å². The van der Waals surface area contributed by atoms with Crippen molar-refractivity contribution in [1.82, 2.24) is 4.90 Å². The molecule has 0 radical (unpaired) electrons. The number of allylic oxidation sites excluding steroid dienone is 1. The highest BCUT2D eigenvalue weighted by molar-refractivity contribution is 6.03. The molecule has 66 heavy (non-hydrogen) atoms. The van der Waals surface area contributed by atoms with Crippen molar-refractivity contribution in [2.24, 2.45) is 22.9 Å². The highest BCUT2D eigenvalue weighted by Crippen LogP contribution is 2.62. The number of fused-ring (bicyclic) bond motifs is 3. The lowest BCUT2D eigenvalue weighted by Gasteiger charge is -2.60. The molecule has 1 fully saturated rings. The minimum atomic E-state index is -1.53. The van der Waals surface area contributed by atoms with Gasteiger partial charge in [0.25, 0.3) is 5.69 Å². The molecule has 0 aromatic heterocycles. The van der Waals surface area contributed by atoms with E-state index in [1.54, 1.807) is 47.4 Å². The second-order valence-electron chi connectivity index (χ2n) is 17.3. The van der Waals surface area contributed by atoms with E-state index in [1.807, 2.05) is 72.8 Å². The molecule has 12 heteroatoms. The number of aromatic hydroxyl groups is 1. The number of ether oxygens (including phenoxy) is 2. The molecule has 1 amide bonds. The van der Waals surface area contributed by atoms with Crippen LogP contribution in [0.5, 0.6) is 11.5 Å². The molecule has 3 aliphatic rings. The van der Waals surface area contributed by atoms with Crippen LogP contribution in [0, 0.1) is 27.9 Å². The first-order valence-corrected chi connectivity index (χ1v) is 22.9. The van der Waals surface area contributed by atoms with Crippen LogP contribution >= 0.6 is 0 Å². The highest BCUT2D eigenvalue weighted by Gasteiger charge is 2.65. The summed E-state index contributed by atoms with van der Waals surface area (Å²) in [6, 6.07) is 34.2. The Bertz CT molecular complexity index is 2590. The van der Waals surface area contributed by atoms with Crippen molar-refractivity contribution in [3.63, 3.8) is 0 Å². The predicted molar refractivity (Wildman–Crippen MR) is 254 cm³/mol. The standard InChI is InChI=1S/C54H57N3O9/c1-2-31-64-54-50(56(35-41-18-12-17-39-15-6-7-19-44(39)41)51(61)28-23-37-21-24-42(25-22-37)57(62)63)34-48(55-65-36-38-13-4-3-5-14-38)46-32-40(16-8-10-29-58)45(20-9-11-30-59)52(53(46)54)47-33-43(60)26-27-49(47)66-54/h2-7,12-15,17-19,21-28,32-33,40,45,50,52-53,58-60H,1,8-11,16,20,29-31,34-36H2/t40-,45+,50-,52+,53+,54+/m0/s1. The largest absolute Gasteiger partial charge is 0.508 e. The number of carbonyl (C=O) groups excluding carboxylic acids is 1. The van der Waals surface area contributed by atoms with E-state index >= 15 is 4.79 Å². The average molecular weight is 892 g/mol. The summed E-state index contributed by atoms with van der Waals surface area (Å²) in [6.07, 6.45) is 11.6. The number of rotatable bonds is 20. The molecule has 6 atom stereocenters. The molecular weight excluding hydrogens is 835 g/mol. The quantitative estimate of drug-likeness (QED) is 0.0227. The number of nitro groups is 1. The highest BCUT2D eigenvalue weighted by atomic mass is 16.7. The molecular formula is C54H57N3O9. The number of unbranched alkanes of at least 4 members (excludes halogenated alkanes) is 2. The average Bonchev–Trinajstić information content (AvgIpc) is 3.33. The number of hydrogen-bond acceptors (Lipinski definition) is 10. The van der Waals surface area contributed by atoms with Crippen molar-refractivity contribution >= 4 is 34.2 Å². The number of phenolic OH excluding ortho intramolecular Hbond substituents is 1. The summed E-state index contributed by atoms with van der Waals surface area (Å²) in [5.74, 6) is -2.13. The van der Waals surface area contributed by atoms with Crippen molar-refractivity contribution in [1.29, 1.82) is 0 Å². The lowest BCUT2D eigenvalue weighted by Crippen LogP contribution is -2.70. The first-order chi connectivity index (χ1) is 32.2. The maximum absolute atomic E-state index is 15.3. The molecule has 3 N–H and O–H groups in total. The van der Waals surface area contributed by atoms with Crippen LogP contribution in [0.2, 0.25) is 0 Å². The smallest absolute Gasteiger partial charge is 0.269 e. The number of hydrogen-bond donors (Lipinski definition) is 3. The summed E-state index contributed by atoms with van der Waals surface area (Å²) in [5.41, 5.74) is 4.74. The number of oxime groups is 1. The second kappa shape index (κ2) is 21.1. The molecule has 0 unspecified atom stereocenters. The predicted octanol–water partition coefficient (Wildman–Crippen LogP) is 10.0. The topological polar surface area (TPSA) is 164 Å². The third kappa shape index (κ3) is 9.81. The molecule has 1 heterocycles. The van der Waals surface area contributed by atoms with Crippen LogP contribution in [-0.4, -0.2) is 68.4 Å². The van der Waals surface area contributed by atoms with Gasteiger partial charge < -0.3 is 34.5 Å². The number of aliphatic hydroxyl groups excluding tert-OH is 2.